The number of carbonyl (C=O) groups excluding carboxylic acids is 2. The summed E-state index contributed by atoms with van der Waals surface area (Å²) < 4.78 is 39.9. The summed E-state index contributed by atoms with van der Waals surface area (Å²) in [5.74, 6) is -4.37. The number of anilines is 2. The molecule has 2 amide bonds. The summed E-state index contributed by atoms with van der Waals surface area (Å²) in [4.78, 5) is 26.0. The summed E-state index contributed by atoms with van der Waals surface area (Å²) in [5, 5.41) is 8.55. The molecule has 132 valence electrons. The van der Waals surface area contributed by atoms with E-state index in [-0.39, 0.29) is 16.4 Å². The Morgan fingerprint density at radius 1 is 0.885 bits per heavy atom. The Morgan fingerprint density at radius 3 is 2.27 bits per heavy atom. The minimum absolute atomic E-state index is 0.111. The second kappa shape index (κ2) is 5.80. The van der Waals surface area contributed by atoms with E-state index >= 15 is 0 Å². The molecule has 0 unspecified atom stereocenters. The number of nitrogens with zero attached hydrogens (tertiary/aromatic N) is 4. The molecule has 2 aliphatic rings. The molecule has 0 N–H and O–H groups in total. The molecular formula is C16H8ClF3N4O2. The molecule has 2 aromatic carbocycles. The molecule has 1 fully saturated rings. The highest BCUT2D eigenvalue weighted by atomic mass is 35.5. The third kappa shape index (κ3) is 2.35. The van der Waals surface area contributed by atoms with Crippen LogP contribution < -0.4 is 9.91 Å². The molecule has 2 aromatic rings. The Balaban J connectivity index is 1.71. The number of amides is 2. The summed E-state index contributed by atoms with van der Waals surface area (Å²) in [5.41, 5.74) is 0.154. The van der Waals surface area contributed by atoms with Crippen LogP contribution in [0.25, 0.3) is 0 Å². The summed E-state index contributed by atoms with van der Waals surface area (Å²) in [7, 11) is 0. The van der Waals surface area contributed by atoms with Crippen LogP contribution in [0.3, 0.4) is 0 Å². The van der Waals surface area contributed by atoms with Gasteiger partial charge in [-0.2, -0.15) is 5.11 Å². The van der Waals surface area contributed by atoms with Crippen molar-refractivity contribution in [3.8, 4) is 0 Å². The number of fused-ring (bicyclic) bond motifs is 1. The monoisotopic (exact) mass is 380 g/mol. The van der Waals surface area contributed by atoms with Crippen molar-refractivity contribution in [2.75, 3.05) is 9.91 Å². The quantitative estimate of drug-likeness (QED) is 0.751. The van der Waals surface area contributed by atoms with E-state index in [0.29, 0.717) is 0 Å². The lowest BCUT2D eigenvalue weighted by molar-refractivity contribution is -0.121. The molecule has 0 spiro atoms. The number of halogens is 4. The highest BCUT2D eigenvalue weighted by Crippen LogP contribution is 2.36. The van der Waals surface area contributed by atoms with Crippen molar-refractivity contribution >= 4 is 34.8 Å². The minimum Gasteiger partial charge on any atom is -0.271 e. The zero-order valence-electron chi connectivity index (χ0n) is 12.7. The van der Waals surface area contributed by atoms with Crippen molar-refractivity contribution in [2.24, 2.45) is 10.3 Å². The van der Waals surface area contributed by atoms with Gasteiger partial charge < -0.3 is 0 Å². The average Bonchev–Trinajstić information content (AvgIpc) is 3.14. The third-order valence-electron chi connectivity index (χ3n) is 4.11. The van der Waals surface area contributed by atoms with Gasteiger partial charge in [0.1, 0.15) is 5.82 Å². The summed E-state index contributed by atoms with van der Waals surface area (Å²) in [6, 6.07) is 4.11. The van der Waals surface area contributed by atoms with E-state index < -0.39 is 41.3 Å². The van der Waals surface area contributed by atoms with Crippen molar-refractivity contribution in [3.05, 3.63) is 58.9 Å². The largest absolute Gasteiger partial charge is 0.271 e. The maximum Gasteiger partial charge on any atom is 0.263 e. The van der Waals surface area contributed by atoms with E-state index in [9.17, 15) is 22.8 Å². The lowest BCUT2D eigenvalue weighted by Crippen LogP contribution is -2.40. The second-order valence-electron chi connectivity index (χ2n) is 5.65. The molecule has 26 heavy (non-hydrogen) atoms. The number of hydrogen-bond acceptors (Lipinski definition) is 5. The molecule has 0 aromatic heterocycles. The van der Waals surface area contributed by atoms with E-state index in [1.807, 2.05) is 0 Å². The maximum atomic E-state index is 13.5. The van der Waals surface area contributed by atoms with Gasteiger partial charge in [-0.05, 0) is 30.3 Å². The van der Waals surface area contributed by atoms with Crippen molar-refractivity contribution in [1.82, 2.24) is 0 Å². The summed E-state index contributed by atoms with van der Waals surface area (Å²) in [6.07, 6.45) is 0. The Hall–Kier alpha value is -2.94. The Labute approximate surface area is 149 Å². The smallest absolute Gasteiger partial charge is 0.263 e. The number of hydrogen-bond donors (Lipinski definition) is 0. The first-order valence-corrected chi connectivity index (χ1v) is 7.74. The zero-order valence-corrected chi connectivity index (χ0v) is 13.5. The van der Waals surface area contributed by atoms with Gasteiger partial charge in [-0.25, -0.2) is 23.1 Å². The molecular weight excluding hydrogens is 373 g/mol. The first-order chi connectivity index (χ1) is 12.4. The third-order valence-corrected chi connectivity index (χ3v) is 4.40. The average molecular weight is 381 g/mol. The fourth-order valence-electron chi connectivity index (χ4n) is 2.88. The highest BCUT2D eigenvalue weighted by molar-refractivity contribution is 6.31. The fourth-order valence-corrected chi connectivity index (χ4v) is 3.05. The normalized spacial score (nSPS) is 21.7. The van der Waals surface area contributed by atoms with E-state index in [0.717, 1.165) is 34.2 Å². The van der Waals surface area contributed by atoms with Crippen molar-refractivity contribution in [2.45, 2.75) is 12.1 Å². The predicted molar refractivity (Wildman–Crippen MR) is 85.2 cm³/mol. The molecule has 0 bridgehead atoms. The molecule has 0 saturated carbocycles. The molecule has 0 aliphatic carbocycles. The molecule has 2 atom stereocenters. The Morgan fingerprint density at radius 2 is 1.58 bits per heavy atom. The maximum absolute atomic E-state index is 13.5. The van der Waals surface area contributed by atoms with Crippen LogP contribution in [0, 0.1) is 17.5 Å². The van der Waals surface area contributed by atoms with E-state index in [1.165, 1.54) is 12.1 Å². The molecule has 6 nitrogen and oxygen atoms in total. The van der Waals surface area contributed by atoms with Gasteiger partial charge in [0.2, 0.25) is 0 Å². The van der Waals surface area contributed by atoms with Crippen molar-refractivity contribution < 1.29 is 22.8 Å². The number of benzene rings is 2. The first kappa shape index (κ1) is 16.5. The van der Waals surface area contributed by atoms with Crippen LogP contribution >= 0.6 is 11.6 Å². The van der Waals surface area contributed by atoms with Gasteiger partial charge in [0, 0.05) is 6.07 Å². The van der Waals surface area contributed by atoms with E-state index in [1.54, 1.807) is 0 Å². The second-order valence-corrected chi connectivity index (χ2v) is 6.06. The van der Waals surface area contributed by atoms with Crippen LogP contribution in [0.15, 0.2) is 46.7 Å². The Kier molecular flexibility index (Phi) is 3.69. The minimum atomic E-state index is -1.19. The van der Waals surface area contributed by atoms with Crippen molar-refractivity contribution in [3.63, 3.8) is 0 Å². The number of rotatable bonds is 2. The van der Waals surface area contributed by atoms with Crippen LogP contribution in [-0.2, 0) is 9.59 Å². The summed E-state index contributed by atoms with van der Waals surface area (Å²) >= 11 is 5.74. The van der Waals surface area contributed by atoms with Crippen molar-refractivity contribution in [1.29, 1.82) is 0 Å². The van der Waals surface area contributed by atoms with Crippen LogP contribution in [0.1, 0.15) is 0 Å². The topological polar surface area (TPSA) is 65.3 Å². The Bertz CT molecular complexity index is 984. The van der Waals surface area contributed by atoms with Crippen LogP contribution in [0.5, 0.6) is 0 Å². The molecule has 10 heteroatoms. The van der Waals surface area contributed by atoms with Gasteiger partial charge in [-0.1, -0.05) is 16.8 Å². The molecule has 4 rings (SSSR count). The standard InChI is InChI=1S/C16H8ClF3N4O2/c17-9-5-8(2-3-10(9)18)24-14-13(21-22-24)15(25)23(16(14)26)7-1-4-11(19)12(20)6-7/h1-6,13-14H/t13-,14-/m1/s1. The SMILES string of the molecule is O=C1[C@@H]2N=NN(c3ccc(F)c(Cl)c3)[C@H]2C(=O)N1c1ccc(F)c(F)c1. The van der Waals surface area contributed by atoms with Gasteiger partial charge in [0.15, 0.2) is 23.7 Å². The molecule has 0 radical (unpaired) electrons. The number of imide groups is 1. The molecule has 2 heterocycles. The van der Waals surface area contributed by atoms with Gasteiger partial charge in [0.05, 0.1) is 16.4 Å². The fraction of sp³-hybridized carbons (Fsp3) is 0.125. The summed E-state index contributed by atoms with van der Waals surface area (Å²) in [6.45, 7) is 0. The van der Waals surface area contributed by atoms with Crippen LogP contribution in [-0.4, -0.2) is 23.9 Å². The van der Waals surface area contributed by atoms with Gasteiger partial charge in [-0.15, -0.1) is 0 Å². The number of carbonyl (C=O) groups is 2. The van der Waals surface area contributed by atoms with E-state index in [4.69, 9.17) is 11.6 Å². The predicted octanol–water partition coefficient (Wildman–Crippen LogP) is 3.26. The lowest BCUT2D eigenvalue weighted by Gasteiger charge is -2.20. The molecule has 1 saturated heterocycles. The van der Waals surface area contributed by atoms with Gasteiger partial charge in [-0.3, -0.25) is 9.59 Å². The highest BCUT2D eigenvalue weighted by Gasteiger charge is 2.55. The van der Waals surface area contributed by atoms with Gasteiger partial charge in [0.25, 0.3) is 11.8 Å². The molecule has 2 aliphatic heterocycles. The lowest BCUT2D eigenvalue weighted by atomic mass is 10.1. The van der Waals surface area contributed by atoms with E-state index in [2.05, 4.69) is 10.3 Å². The zero-order chi connectivity index (χ0) is 18.6. The van der Waals surface area contributed by atoms with Crippen LogP contribution in [0.4, 0.5) is 24.5 Å². The van der Waals surface area contributed by atoms with Crippen LogP contribution in [0.2, 0.25) is 5.02 Å². The van der Waals surface area contributed by atoms with Gasteiger partial charge >= 0.3 is 0 Å². The first-order valence-electron chi connectivity index (χ1n) is 7.36.